The summed E-state index contributed by atoms with van der Waals surface area (Å²) in [5.74, 6) is -0.674. The molecule has 0 aliphatic heterocycles. The lowest BCUT2D eigenvalue weighted by Crippen LogP contribution is -2.52. The number of aryl methyl sites for hydroxylation is 2. The average molecular weight is 562 g/mol. The largest absolute Gasteiger partial charge is 0.352 e. The summed E-state index contributed by atoms with van der Waals surface area (Å²) in [5, 5.41) is 3.10. The summed E-state index contributed by atoms with van der Waals surface area (Å²) >= 11 is 0. The van der Waals surface area contributed by atoms with Crippen LogP contribution >= 0.6 is 0 Å². The van der Waals surface area contributed by atoms with Gasteiger partial charge in [-0.15, -0.1) is 0 Å². The van der Waals surface area contributed by atoms with E-state index in [-0.39, 0.29) is 23.4 Å². The highest BCUT2D eigenvalue weighted by Gasteiger charge is 2.34. The number of carbonyl (C=O) groups excluding carboxylic acids is 2. The number of hydrogen-bond acceptors (Lipinski definition) is 4. The number of sulfonamides is 1. The van der Waals surface area contributed by atoms with Crippen molar-refractivity contribution in [3.8, 4) is 0 Å². The first-order valence-corrected chi connectivity index (χ1v) is 15.3. The van der Waals surface area contributed by atoms with E-state index in [1.54, 1.807) is 37.3 Å². The molecule has 1 N–H and O–H groups in total. The second kappa shape index (κ2) is 12.7. The van der Waals surface area contributed by atoms with Crippen LogP contribution in [0.3, 0.4) is 0 Å². The van der Waals surface area contributed by atoms with Crippen molar-refractivity contribution in [1.29, 1.82) is 0 Å². The molecule has 212 valence electrons. The molecule has 4 rings (SSSR count). The van der Waals surface area contributed by atoms with Crippen LogP contribution in [0.1, 0.15) is 54.9 Å². The highest BCUT2D eigenvalue weighted by Crippen LogP contribution is 2.29. The second-order valence-corrected chi connectivity index (χ2v) is 12.6. The highest BCUT2D eigenvalue weighted by atomic mass is 32.2. The molecule has 1 atom stereocenters. The van der Waals surface area contributed by atoms with Gasteiger partial charge in [0.05, 0.1) is 10.6 Å². The third-order valence-electron chi connectivity index (χ3n) is 7.80. The fourth-order valence-corrected chi connectivity index (χ4v) is 6.60. The van der Waals surface area contributed by atoms with Crippen LogP contribution in [0.25, 0.3) is 0 Å². The average Bonchev–Trinajstić information content (AvgIpc) is 3.46. The van der Waals surface area contributed by atoms with E-state index in [4.69, 9.17) is 0 Å². The predicted octanol–water partition coefficient (Wildman–Crippen LogP) is 5.28. The number of nitrogens with one attached hydrogen (secondary N) is 1. The van der Waals surface area contributed by atoms with Crippen LogP contribution in [0.5, 0.6) is 0 Å². The molecule has 1 aliphatic rings. The topological polar surface area (TPSA) is 86.8 Å². The summed E-state index contributed by atoms with van der Waals surface area (Å²) < 4.78 is 29.1. The SMILES string of the molecule is Cc1ccc(CN(C(=O)CN(c2cccc(C)c2C)S(=O)(=O)c2ccccc2)[C@@H](C)C(=O)NC2CCCC2)cc1. The van der Waals surface area contributed by atoms with E-state index in [1.807, 2.05) is 51.1 Å². The summed E-state index contributed by atoms with van der Waals surface area (Å²) in [7, 11) is -4.08. The van der Waals surface area contributed by atoms with Crippen molar-refractivity contribution in [2.75, 3.05) is 10.8 Å². The maximum atomic E-state index is 14.1. The zero-order chi connectivity index (χ0) is 28.9. The molecule has 1 fully saturated rings. The third kappa shape index (κ3) is 6.73. The van der Waals surface area contributed by atoms with Gasteiger partial charge in [-0.05, 0) is 75.4 Å². The minimum Gasteiger partial charge on any atom is -0.352 e. The van der Waals surface area contributed by atoms with E-state index in [9.17, 15) is 18.0 Å². The van der Waals surface area contributed by atoms with Crippen molar-refractivity contribution in [3.05, 3.63) is 95.1 Å². The molecule has 0 saturated heterocycles. The molecule has 0 bridgehead atoms. The zero-order valence-corrected chi connectivity index (χ0v) is 24.6. The second-order valence-electron chi connectivity index (χ2n) is 10.7. The van der Waals surface area contributed by atoms with Crippen molar-refractivity contribution in [3.63, 3.8) is 0 Å². The van der Waals surface area contributed by atoms with Gasteiger partial charge in [0, 0.05) is 12.6 Å². The van der Waals surface area contributed by atoms with E-state index < -0.39 is 28.5 Å². The van der Waals surface area contributed by atoms with Gasteiger partial charge in [-0.1, -0.05) is 73.0 Å². The first kappa shape index (κ1) is 29.3. The standard InChI is InChI=1S/C32H39N3O4S/c1-23-17-19-27(20-18-23)21-34(26(4)32(37)33-28-12-8-9-13-28)31(36)22-35(30-16-10-11-24(2)25(30)3)40(38,39)29-14-6-5-7-15-29/h5-7,10-11,14-20,26,28H,8-9,12-13,21-22H2,1-4H3,(H,33,37)/t26-/m0/s1. The predicted molar refractivity (Wildman–Crippen MR) is 158 cm³/mol. The monoisotopic (exact) mass is 561 g/mol. The Morgan fingerprint density at radius 3 is 2.20 bits per heavy atom. The van der Waals surface area contributed by atoms with Crippen LogP contribution in [-0.2, 0) is 26.2 Å². The quantitative estimate of drug-likeness (QED) is 0.365. The maximum absolute atomic E-state index is 14.1. The van der Waals surface area contributed by atoms with Gasteiger partial charge in [-0.3, -0.25) is 13.9 Å². The Kier molecular flexibility index (Phi) is 9.30. The number of rotatable bonds is 10. The van der Waals surface area contributed by atoms with Crippen molar-refractivity contribution < 1.29 is 18.0 Å². The molecule has 8 heteroatoms. The molecule has 7 nitrogen and oxygen atoms in total. The fraction of sp³-hybridized carbons (Fsp3) is 0.375. The van der Waals surface area contributed by atoms with Crippen LogP contribution in [0.2, 0.25) is 0 Å². The maximum Gasteiger partial charge on any atom is 0.264 e. The minimum absolute atomic E-state index is 0.0980. The number of carbonyl (C=O) groups is 2. The van der Waals surface area contributed by atoms with E-state index in [1.165, 1.54) is 21.3 Å². The molecule has 0 spiro atoms. The summed E-state index contributed by atoms with van der Waals surface area (Å²) in [6.07, 6.45) is 4.02. The molecule has 2 amide bonds. The van der Waals surface area contributed by atoms with Gasteiger partial charge >= 0.3 is 0 Å². The van der Waals surface area contributed by atoms with Crippen molar-refractivity contribution >= 4 is 27.5 Å². The summed E-state index contributed by atoms with van der Waals surface area (Å²) in [4.78, 5) is 29.0. The molecule has 1 aliphatic carbocycles. The fourth-order valence-electron chi connectivity index (χ4n) is 5.10. The number of hydrogen-bond donors (Lipinski definition) is 1. The van der Waals surface area contributed by atoms with Gasteiger partial charge < -0.3 is 10.2 Å². The van der Waals surface area contributed by atoms with Gasteiger partial charge in [-0.25, -0.2) is 8.42 Å². The molecule has 3 aromatic rings. The molecule has 0 unspecified atom stereocenters. The number of nitrogens with zero attached hydrogens (tertiary/aromatic N) is 2. The Morgan fingerprint density at radius 1 is 0.900 bits per heavy atom. The van der Waals surface area contributed by atoms with E-state index >= 15 is 0 Å². The molecule has 0 heterocycles. The van der Waals surface area contributed by atoms with Crippen molar-refractivity contribution in [1.82, 2.24) is 10.2 Å². The first-order chi connectivity index (χ1) is 19.1. The van der Waals surface area contributed by atoms with Crippen LogP contribution in [0.4, 0.5) is 5.69 Å². The van der Waals surface area contributed by atoms with Crippen molar-refractivity contribution in [2.45, 2.75) is 76.9 Å². The van der Waals surface area contributed by atoms with Gasteiger partial charge in [0.1, 0.15) is 12.6 Å². The van der Waals surface area contributed by atoms with Gasteiger partial charge in [-0.2, -0.15) is 0 Å². The summed E-state index contributed by atoms with van der Waals surface area (Å²) in [6.45, 7) is 7.21. The van der Waals surface area contributed by atoms with Gasteiger partial charge in [0.2, 0.25) is 11.8 Å². The van der Waals surface area contributed by atoms with E-state index in [2.05, 4.69) is 5.32 Å². The lowest BCUT2D eigenvalue weighted by atomic mass is 10.1. The Labute approximate surface area is 238 Å². The lowest BCUT2D eigenvalue weighted by Gasteiger charge is -2.33. The van der Waals surface area contributed by atoms with E-state index in [0.29, 0.717) is 5.69 Å². The highest BCUT2D eigenvalue weighted by molar-refractivity contribution is 7.92. The van der Waals surface area contributed by atoms with E-state index in [0.717, 1.165) is 47.9 Å². The normalized spacial score (nSPS) is 14.5. The van der Waals surface area contributed by atoms with Crippen LogP contribution < -0.4 is 9.62 Å². The molecule has 40 heavy (non-hydrogen) atoms. The molecular formula is C32H39N3O4S. The smallest absolute Gasteiger partial charge is 0.264 e. The minimum atomic E-state index is -4.08. The Hall–Kier alpha value is -3.65. The van der Waals surface area contributed by atoms with Crippen LogP contribution in [0.15, 0.2) is 77.7 Å². The molecule has 3 aromatic carbocycles. The Balaban J connectivity index is 1.70. The molecule has 0 radical (unpaired) electrons. The van der Waals surface area contributed by atoms with Gasteiger partial charge in [0.25, 0.3) is 10.0 Å². The van der Waals surface area contributed by atoms with Crippen molar-refractivity contribution in [2.24, 2.45) is 0 Å². The zero-order valence-electron chi connectivity index (χ0n) is 23.8. The number of anilines is 1. The summed E-state index contributed by atoms with van der Waals surface area (Å²) in [6, 6.07) is 20.7. The van der Waals surface area contributed by atoms with Crippen LogP contribution in [-0.4, -0.2) is 43.8 Å². The van der Waals surface area contributed by atoms with Gasteiger partial charge in [0.15, 0.2) is 0 Å². The summed E-state index contributed by atoms with van der Waals surface area (Å²) in [5.41, 5.74) is 4.08. The van der Waals surface area contributed by atoms with Crippen LogP contribution in [0, 0.1) is 20.8 Å². The Morgan fingerprint density at radius 2 is 1.55 bits per heavy atom. The lowest BCUT2D eigenvalue weighted by molar-refractivity contribution is -0.139. The number of benzene rings is 3. The first-order valence-electron chi connectivity index (χ1n) is 13.9. The molecule has 0 aromatic heterocycles. The number of amides is 2. The molecule has 1 saturated carbocycles. The Bertz CT molecular complexity index is 1430. The third-order valence-corrected chi connectivity index (χ3v) is 9.57. The molecular weight excluding hydrogens is 522 g/mol.